The van der Waals surface area contributed by atoms with Crippen LogP contribution in [0.2, 0.25) is 10.0 Å². The average Bonchev–Trinajstić information content (AvgIpc) is 3.03. The van der Waals surface area contributed by atoms with Gasteiger partial charge in [-0.3, -0.25) is 9.59 Å². The van der Waals surface area contributed by atoms with Gasteiger partial charge in [-0.1, -0.05) is 48.5 Å². The smallest absolute Gasteiger partial charge is 0.256 e. The first-order valence-corrected chi connectivity index (χ1v) is 11.3. The number of aromatic nitrogens is 1. The van der Waals surface area contributed by atoms with E-state index in [-0.39, 0.29) is 18.4 Å². The number of carbonyl (C=O) groups is 2. The van der Waals surface area contributed by atoms with Gasteiger partial charge in [0, 0.05) is 24.0 Å². The molecule has 0 unspecified atom stereocenters. The fraction of sp³-hybridized carbons (Fsp3) is 0.478. The lowest BCUT2D eigenvalue weighted by atomic mass is 9.95. The molecule has 30 heavy (non-hydrogen) atoms. The van der Waals surface area contributed by atoms with Crippen LogP contribution >= 0.6 is 23.2 Å². The number of likely N-dealkylation sites (N-methyl/N-ethyl adjacent to an activating group) is 1. The Balaban J connectivity index is 1.75. The molecule has 0 atom stereocenters. The number of nitrogens with one attached hydrogen (secondary N) is 1. The van der Waals surface area contributed by atoms with Gasteiger partial charge in [-0.2, -0.15) is 0 Å². The molecule has 1 fully saturated rings. The molecule has 7 heteroatoms. The van der Waals surface area contributed by atoms with Crippen LogP contribution in [0, 0.1) is 13.8 Å². The van der Waals surface area contributed by atoms with Crippen LogP contribution in [0.3, 0.4) is 0 Å². The van der Waals surface area contributed by atoms with Crippen LogP contribution < -0.4 is 5.32 Å². The van der Waals surface area contributed by atoms with Crippen LogP contribution in [0.25, 0.3) is 0 Å². The van der Waals surface area contributed by atoms with Gasteiger partial charge in [-0.15, -0.1) is 0 Å². The van der Waals surface area contributed by atoms with Crippen molar-refractivity contribution in [3.8, 4) is 0 Å². The van der Waals surface area contributed by atoms with Gasteiger partial charge in [0.15, 0.2) is 0 Å². The van der Waals surface area contributed by atoms with Gasteiger partial charge < -0.3 is 14.8 Å². The Labute approximate surface area is 188 Å². The van der Waals surface area contributed by atoms with E-state index in [1.54, 1.807) is 23.1 Å². The summed E-state index contributed by atoms with van der Waals surface area (Å²) in [7, 11) is 0. The monoisotopic (exact) mass is 449 g/mol. The summed E-state index contributed by atoms with van der Waals surface area (Å²) in [6.07, 6.45) is 6.06. The SMILES string of the molecule is CCN(CC(=O)Nc1c(Cl)cccc1Cl)C(=O)c1cc(C)n(C2CCCCC2)c1C. The number of rotatable bonds is 6. The van der Waals surface area contributed by atoms with Crippen LogP contribution in [-0.4, -0.2) is 34.4 Å². The quantitative estimate of drug-likeness (QED) is 0.585. The summed E-state index contributed by atoms with van der Waals surface area (Å²) < 4.78 is 2.31. The molecular weight excluding hydrogens is 421 g/mol. The zero-order chi connectivity index (χ0) is 21.8. The molecule has 3 rings (SSSR count). The van der Waals surface area contributed by atoms with E-state index in [0.717, 1.165) is 24.2 Å². The van der Waals surface area contributed by atoms with Crippen molar-refractivity contribution in [2.45, 2.75) is 58.9 Å². The molecule has 1 aromatic carbocycles. The molecule has 5 nitrogen and oxygen atoms in total. The van der Waals surface area contributed by atoms with Gasteiger partial charge in [0.25, 0.3) is 5.91 Å². The summed E-state index contributed by atoms with van der Waals surface area (Å²) in [4.78, 5) is 27.4. The fourth-order valence-electron chi connectivity index (χ4n) is 4.36. The van der Waals surface area contributed by atoms with Crippen LogP contribution in [0.5, 0.6) is 0 Å². The topological polar surface area (TPSA) is 54.3 Å². The first-order chi connectivity index (χ1) is 14.3. The molecule has 0 saturated heterocycles. The molecular formula is C23H29Cl2N3O2. The summed E-state index contributed by atoms with van der Waals surface area (Å²) in [5.74, 6) is -0.464. The van der Waals surface area contributed by atoms with E-state index < -0.39 is 0 Å². The summed E-state index contributed by atoms with van der Waals surface area (Å²) >= 11 is 12.3. The molecule has 1 aliphatic rings. The molecule has 2 amide bonds. The maximum absolute atomic E-state index is 13.2. The van der Waals surface area contributed by atoms with E-state index in [1.807, 2.05) is 19.9 Å². The Kier molecular flexibility index (Phi) is 7.48. The zero-order valence-corrected chi connectivity index (χ0v) is 19.3. The third-order valence-electron chi connectivity index (χ3n) is 5.89. The second kappa shape index (κ2) is 9.88. The van der Waals surface area contributed by atoms with Gasteiger partial charge in [-0.25, -0.2) is 0 Å². The van der Waals surface area contributed by atoms with Crippen molar-refractivity contribution >= 4 is 40.7 Å². The minimum Gasteiger partial charge on any atom is -0.345 e. The third kappa shape index (κ3) is 4.84. The minimum atomic E-state index is -0.332. The van der Waals surface area contributed by atoms with Crippen molar-refractivity contribution in [3.05, 3.63) is 51.3 Å². The molecule has 0 radical (unpaired) electrons. The number of para-hydroxylation sites is 1. The number of benzene rings is 1. The molecule has 0 aliphatic heterocycles. The van der Waals surface area contributed by atoms with Crippen molar-refractivity contribution < 1.29 is 9.59 Å². The van der Waals surface area contributed by atoms with E-state index >= 15 is 0 Å². The number of aryl methyl sites for hydroxylation is 1. The van der Waals surface area contributed by atoms with Crippen LogP contribution in [0.4, 0.5) is 5.69 Å². The van der Waals surface area contributed by atoms with Gasteiger partial charge in [0.1, 0.15) is 6.54 Å². The maximum Gasteiger partial charge on any atom is 0.256 e. The molecule has 1 aromatic heterocycles. The Morgan fingerprint density at radius 2 is 1.77 bits per heavy atom. The van der Waals surface area contributed by atoms with Crippen molar-refractivity contribution in [2.24, 2.45) is 0 Å². The molecule has 0 bridgehead atoms. The molecule has 0 spiro atoms. The van der Waals surface area contributed by atoms with E-state index in [2.05, 4.69) is 16.8 Å². The van der Waals surface area contributed by atoms with Crippen LogP contribution in [0.1, 0.15) is 66.8 Å². The van der Waals surface area contributed by atoms with Gasteiger partial charge in [0.05, 0.1) is 21.3 Å². The number of halogens is 2. The Hall–Kier alpha value is -1.98. The van der Waals surface area contributed by atoms with Crippen molar-refractivity contribution in [2.75, 3.05) is 18.4 Å². The Morgan fingerprint density at radius 3 is 2.37 bits per heavy atom. The van der Waals surface area contributed by atoms with Crippen LogP contribution in [-0.2, 0) is 4.79 Å². The highest BCUT2D eigenvalue weighted by molar-refractivity contribution is 6.39. The summed E-state index contributed by atoms with van der Waals surface area (Å²) in [6, 6.07) is 7.45. The molecule has 1 N–H and O–H groups in total. The van der Waals surface area contributed by atoms with Crippen LogP contribution in [0.15, 0.2) is 24.3 Å². The molecule has 1 heterocycles. The normalized spacial score (nSPS) is 14.6. The number of anilines is 1. The van der Waals surface area contributed by atoms with E-state index in [1.165, 1.54) is 19.3 Å². The van der Waals surface area contributed by atoms with E-state index in [4.69, 9.17) is 23.2 Å². The van der Waals surface area contributed by atoms with Crippen molar-refractivity contribution in [3.63, 3.8) is 0 Å². The predicted octanol–water partition coefficient (Wildman–Crippen LogP) is 6.02. The largest absolute Gasteiger partial charge is 0.345 e. The average molecular weight is 450 g/mol. The predicted molar refractivity (Wildman–Crippen MR) is 123 cm³/mol. The van der Waals surface area contributed by atoms with E-state index in [9.17, 15) is 9.59 Å². The second-order valence-corrected chi connectivity index (χ2v) is 8.73. The highest BCUT2D eigenvalue weighted by atomic mass is 35.5. The van der Waals surface area contributed by atoms with Crippen molar-refractivity contribution in [1.29, 1.82) is 0 Å². The standard InChI is InChI=1S/C23H29Cl2N3O2/c1-4-27(14-21(29)26-22-19(24)11-8-12-20(22)25)23(30)18-13-15(2)28(16(18)3)17-9-6-5-7-10-17/h8,11-13,17H,4-7,9-10,14H2,1-3H3,(H,26,29). The lowest BCUT2D eigenvalue weighted by Gasteiger charge is -2.27. The number of hydrogen-bond acceptors (Lipinski definition) is 2. The summed E-state index contributed by atoms with van der Waals surface area (Å²) in [5, 5.41) is 3.46. The highest BCUT2D eigenvalue weighted by Crippen LogP contribution is 2.33. The highest BCUT2D eigenvalue weighted by Gasteiger charge is 2.26. The second-order valence-electron chi connectivity index (χ2n) is 7.91. The number of nitrogens with zero attached hydrogens (tertiary/aromatic N) is 2. The minimum absolute atomic E-state index is 0.0655. The van der Waals surface area contributed by atoms with Gasteiger partial charge >= 0.3 is 0 Å². The lowest BCUT2D eigenvalue weighted by molar-refractivity contribution is -0.116. The van der Waals surface area contributed by atoms with Gasteiger partial charge in [0.2, 0.25) is 5.91 Å². The first kappa shape index (κ1) is 22.7. The first-order valence-electron chi connectivity index (χ1n) is 10.5. The fourth-order valence-corrected chi connectivity index (χ4v) is 4.85. The third-order valence-corrected chi connectivity index (χ3v) is 6.52. The molecule has 1 aliphatic carbocycles. The summed E-state index contributed by atoms with van der Waals surface area (Å²) in [5.41, 5.74) is 3.12. The summed E-state index contributed by atoms with van der Waals surface area (Å²) in [6.45, 7) is 6.29. The number of amides is 2. The maximum atomic E-state index is 13.2. The zero-order valence-electron chi connectivity index (χ0n) is 17.8. The Morgan fingerprint density at radius 1 is 1.13 bits per heavy atom. The molecule has 162 valence electrons. The number of carbonyl (C=O) groups excluding carboxylic acids is 2. The molecule has 2 aromatic rings. The van der Waals surface area contributed by atoms with Crippen molar-refractivity contribution in [1.82, 2.24) is 9.47 Å². The Bertz CT molecular complexity index is 913. The molecule has 1 saturated carbocycles. The lowest BCUT2D eigenvalue weighted by Crippen LogP contribution is -2.38. The van der Waals surface area contributed by atoms with E-state index in [0.29, 0.717) is 33.9 Å². The van der Waals surface area contributed by atoms with Gasteiger partial charge in [-0.05, 0) is 51.8 Å². The number of hydrogen-bond donors (Lipinski definition) is 1.